The molecular formula is C10H12N3O. The Bertz CT molecular complexity index is 364. The van der Waals surface area contributed by atoms with Gasteiger partial charge in [0, 0.05) is 13.2 Å². The summed E-state index contributed by atoms with van der Waals surface area (Å²) in [5.74, 6) is -0.142. The Morgan fingerprint density at radius 1 is 1.64 bits per heavy atom. The van der Waals surface area contributed by atoms with Gasteiger partial charge in [-0.2, -0.15) is 0 Å². The van der Waals surface area contributed by atoms with Gasteiger partial charge in [-0.25, -0.2) is 5.73 Å². The minimum absolute atomic E-state index is 0.142. The molecule has 1 unspecified atom stereocenters. The number of nitrogens with zero attached hydrogens (tertiary/aromatic N) is 2. The van der Waals surface area contributed by atoms with Gasteiger partial charge in [-0.05, 0) is 25.0 Å². The lowest BCUT2D eigenvalue weighted by molar-refractivity contribution is -0.119. The molecule has 1 aromatic rings. The standard InChI is InChI=1S/C10H12N3O/c1-13-9-3-2-6-12-8(9)5-4-7(11)10(13)14/h2-3,6-7,11H,4-5H2,1H3. The zero-order chi connectivity index (χ0) is 10.1. The molecule has 0 aromatic carbocycles. The average molecular weight is 190 g/mol. The maximum atomic E-state index is 11.6. The predicted molar refractivity (Wildman–Crippen MR) is 52.9 cm³/mol. The number of rotatable bonds is 0. The van der Waals surface area contributed by atoms with Gasteiger partial charge >= 0.3 is 0 Å². The van der Waals surface area contributed by atoms with Gasteiger partial charge in [0.05, 0.1) is 11.4 Å². The van der Waals surface area contributed by atoms with E-state index in [1.807, 2.05) is 12.1 Å². The highest BCUT2D eigenvalue weighted by molar-refractivity contribution is 5.97. The largest absolute Gasteiger partial charge is 0.312 e. The van der Waals surface area contributed by atoms with Crippen LogP contribution in [0.5, 0.6) is 0 Å². The van der Waals surface area contributed by atoms with Crippen LogP contribution in [0.3, 0.4) is 0 Å². The Labute approximate surface area is 82.7 Å². The van der Waals surface area contributed by atoms with E-state index in [0.717, 1.165) is 11.4 Å². The van der Waals surface area contributed by atoms with Crippen LogP contribution in [0.15, 0.2) is 18.3 Å². The van der Waals surface area contributed by atoms with Crippen molar-refractivity contribution in [2.75, 3.05) is 11.9 Å². The van der Waals surface area contributed by atoms with E-state index < -0.39 is 6.04 Å². The van der Waals surface area contributed by atoms with Crippen LogP contribution in [0.25, 0.3) is 0 Å². The summed E-state index contributed by atoms with van der Waals surface area (Å²) in [6.07, 6.45) is 3.00. The summed E-state index contributed by atoms with van der Waals surface area (Å²) in [5, 5.41) is 0. The van der Waals surface area contributed by atoms with Crippen LogP contribution in [0.4, 0.5) is 5.69 Å². The monoisotopic (exact) mass is 190 g/mol. The SMILES string of the molecule is CN1C(=O)C([NH])CCc2ncccc21. The van der Waals surface area contributed by atoms with Gasteiger partial charge in [0.15, 0.2) is 0 Å². The first-order valence-corrected chi connectivity index (χ1v) is 4.62. The van der Waals surface area contributed by atoms with E-state index in [1.165, 1.54) is 4.90 Å². The smallest absolute Gasteiger partial charge is 0.245 e. The van der Waals surface area contributed by atoms with Gasteiger partial charge in [-0.15, -0.1) is 0 Å². The number of likely N-dealkylation sites (N-methyl/N-ethyl adjacent to an activating group) is 1. The van der Waals surface area contributed by atoms with Crippen LogP contribution >= 0.6 is 0 Å². The van der Waals surface area contributed by atoms with Crippen LogP contribution in [0, 0.1) is 0 Å². The summed E-state index contributed by atoms with van der Waals surface area (Å²) < 4.78 is 0. The van der Waals surface area contributed by atoms with Gasteiger partial charge in [0.25, 0.3) is 0 Å². The maximum Gasteiger partial charge on any atom is 0.245 e. The molecule has 0 fully saturated rings. The third-order valence-electron chi connectivity index (χ3n) is 2.53. The Morgan fingerprint density at radius 2 is 2.43 bits per heavy atom. The van der Waals surface area contributed by atoms with Crippen molar-refractivity contribution in [1.82, 2.24) is 10.7 Å². The third-order valence-corrected chi connectivity index (χ3v) is 2.53. The Kier molecular flexibility index (Phi) is 2.21. The second kappa shape index (κ2) is 3.38. The number of amides is 1. The molecule has 14 heavy (non-hydrogen) atoms. The van der Waals surface area contributed by atoms with Crippen LogP contribution < -0.4 is 10.6 Å². The highest BCUT2D eigenvalue weighted by Crippen LogP contribution is 2.23. The normalized spacial score (nSPS) is 21.7. The van der Waals surface area contributed by atoms with E-state index in [0.29, 0.717) is 12.8 Å². The van der Waals surface area contributed by atoms with Crippen molar-refractivity contribution in [2.24, 2.45) is 0 Å². The third kappa shape index (κ3) is 1.37. The summed E-state index contributed by atoms with van der Waals surface area (Å²) in [5.41, 5.74) is 9.36. The molecule has 0 aliphatic carbocycles. The molecule has 1 aromatic heterocycles. The summed E-state index contributed by atoms with van der Waals surface area (Å²) in [6.45, 7) is 0. The molecule has 1 atom stereocenters. The molecule has 4 nitrogen and oxygen atoms in total. The number of carbonyl (C=O) groups is 1. The van der Waals surface area contributed by atoms with Crippen molar-refractivity contribution in [1.29, 1.82) is 0 Å². The quantitative estimate of drug-likeness (QED) is 0.603. The second-order valence-electron chi connectivity index (χ2n) is 3.46. The Hall–Kier alpha value is -1.42. The first-order valence-electron chi connectivity index (χ1n) is 4.62. The highest BCUT2D eigenvalue weighted by Gasteiger charge is 2.25. The summed E-state index contributed by atoms with van der Waals surface area (Å²) in [6, 6.07) is 3.04. The molecule has 4 heteroatoms. The van der Waals surface area contributed by atoms with Crippen molar-refractivity contribution in [3.05, 3.63) is 24.0 Å². The molecule has 1 aliphatic heterocycles. The van der Waals surface area contributed by atoms with Gasteiger partial charge < -0.3 is 4.90 Å². The zero-order valence-corrected chi connectivity index (χ0v) is 8.03. The number of carbonyl (C=O) groups excluding carboxylic acids is 1. The number of aromatic nitrogens is 1. The number of hydrogen-bond acceptors (Lipinski definition) is 2. The summed E-state index contributed by atoms with van der Waals surface area (Å²) in [7, 11) is 1.70. The second-order valence-corrected chi connectivity index (χ2v) is 3.46. The van der Waals surface area contributed by atoms with Crippen molar-refractivity contribution < 1.29 is 4.79 Å². The van der Waals surface area contributed by atoms with Gasteiger partial charge in [-0.3, -0.25) is 9.78 Å². The molecule has 1 radical (unpaired) electrons. The molecule has 1 aliphatic rings. The van der Waals surface area contributed by atoms with Crippen LogP contribution in [0.2, 0.25) is 0 Å². The van der Waals surface area contributed by atoms with Crippen LogP contribution in [-0.2, 0) is 11.2 Å². The van der Waals surface area contributed by atoms with Crippen molar-refractivity contribution in [2.45, 2.75) is 18.9 Å². The first kappa shape index (κ1) is 9.15. The number of fused-ring (bicyclic) bond motifs is 1. The lowest BCUT2D eigenvalue weighted by Crippen LogP contribution is -2.35. The maximum absolute atomic E-state index is 11.6. The van der Waals surface area contributed by atoms with E-state index in [9.17, 15) is 4.79 Å². The number of hydrogen-bond donors (Lipinski definition) is 0. The number of anilines is 1. The fraction of sp³-hybridized carbons (Fsp3) is 0.400. The molecule has 2 heterocycles. The van der Waals surface area contributed by atoms with Gasteiger partial charge in [0.1, 0.15) is 6.04 Å². The van der Waals surface area contributed by atoms with Crippen molar-refractivity contribution in [3.8, 4) is 0 Å². The van der Waals surface area contributed by atoms with Gasteiger partial charge in [0.2, 0.25) is 5.91 Å². The lowest BCUT2D eigenvalue weighted by atomic mass is 10.1. The molecule has 1 amide bonds. The van der Waals surface area contributed by atoms with E-state index in [-0.39, 0.29) is 5.91 Å². The van der Waals surface area contributed by atoms with Crippen LogP contribution in [-0.4, -0.2) is 24.0 Å². The topological polar surface area (TPSA) is 57.0 Å². The average Bonchev–Trinajstić information content (AvgIpc) is 2.32. The molecular weight excluding hydrogens is 178 g/mol. The minimum atomic E-state index is -0.644. The van der Waals surface area contributed by atoms with E-state index in [1.54, 1.807) is 13.2 Å². The highest BCUT2D eigenvalue weighted by atomic mass is 16.2. The number of aryl methyl sites for hydroxylation is 1. The minimum Gasteiger partial charge on any atom is -0.312 e. The summed E-state index contributed by atoms with van der Waals surface area (Å²) >= 11 is 0. The first-order chi connectivity index (χ1) is 6.70. The zero-order valence-electron chi connectivity index (χ0n) is 8.03. The molecule has 0 bridgehead atoms. The predicted octanol–water partition coefficient (Wildman–Crippen LogP) is 0.642. The number of nitrogens with one attached hydrogen (secondary N) is 1. The number of pyridine rings is 1. The Morgan fingerprint density at radius 3 is 3.21 bits per heavy atom. The molecule has 1 N–H and O–H groups in total. The fourth-order valence-corrected chi connectivity index (χ4v) is 1.68. The lowest BCUT2D eigenvalue weighted by Gasteiger charge is -2.18. The molecule has 0 spiro atoms. The van der Waals surface area contributed by atoms with Crippen molar-refractivity contribution in [3.63, 3.8) is 0 Å². The van der Waals surface area contributed by atoms with E-state index in [4.69, 9.17) is 5.73 Å². The molecule has 2 rings (SSSR count). The van der Waals surface area contributed by atoms with Gasteiger partial charge in [-0.1, -0.05) is 0 Å². The molecule has 0 saturated heterocycles. The van der Waals surface area contributed by atoms with E-state index in [2.05, 4.69) is 4.98 Å². The molecule has 0 saturated carbocycles. The van der Waals surface area contributed by atoms with E-state index >= 15 is 0 Å². The molecule has 73 valence electrons. The van der Waals surface area contributed by atoms with Crippen molar-refractivity contribution >= 4 is 11.6 Å². The van der Waals surface area contributed by atoms with Crippen LogP contribution in [0.1, 0.15) is 12.1 Å². The Balaban J connectivity index is 2.45. The fourth-order valence-electron chi connectivity index (χ4n) is 1.68. The summed E-state index contributed by atoms with van der Waals surface area (Å²) in [4.78, 5) is 17.4.